The molecule has 1 heterocycles. The molecule has 0 aliphatic heterocycles. The van der Waals surface area contributed by atoms with Gasteiger partial charge in [0, 0.05) is 17.8 Å². The second-order valence-corrected chi connectivity index (χ2v) is 3.67. The molecule has 0 aliphatic rings. The molecule has 2 rings (SSSR count). The maximum atomic E-state index is 13.0. The number of carbonyl (C=O) groups is 1. The van der Waals surface area contributed by atoms with Crippen molar-refractivity contribution in [2.45, 2.75) is 0 Å². The van der Waals surface area contributed by atoms with Crippen LogP contribution in [0.25, 0.3) is 0 Å². The summed E-state index contributed by atoms with van der Waals surface area (Å²) in [5.41, 5.74) is 5.64. The van der Waals surface area contributed by atoms with E-state index in [1.807, 2.05) is 0 Å². The first-order chi connectivity index (χ1) is 9.06. The van der Waals surface area contributed by atoms with Gasteiger partial charge < -0.3 is 5.73 Å². The van der Waals surface area contributed by atoms with E-state index in [9.17, 15) is 13.6 Å². The molecule has 0 fully saturated rings. The standard InChI is InChI=1S/C14H8F2N2O/c15-10-6-9(7-11(16)8-10)3-4-13-12(14(17)19)2-1-5-18-13/h1-2,5-8H,(H2,17,19). The highest BCUT2D eigenvalue weighted by molar-refractivity contribution is 5.94. The Morgan fingerprint density at radius 2 is 1.84 bits per heavy atom. The number of nitrogens with zero attached hydrogens (tertiary/aromatic N) is 1. The molecule has 0 saturated carbocycles. The zero-order valence-corrected chi connectivity index (χ0v) is 9.65. The Balaban J connectivity index is 2.42. The van der Waals surface area contributed by atoms with Gasteiger partial charge in [-0.05, 0) is 30.2 Å². The van der Waals surface area contributed by atoms with Gasteiger partial charge in [-0.15, -0.1) is 0 Å². The average Bonchev–Trinajstić information content (AvgIpc) is 2.35. The van der Waals surface area contributed by atoms with Gasteiger partial charge in [-0.25, -0.2) is 13.8 Å². The molecule has 0 bridgehead atoms. The van der Waals surface area contributed by atoms with E-state index in [4.69, 9.17) is 5.73 Å². The predicted molar refractivity (Wildman–Crippen MR) is 65.1 cm³/mol. The zero-order chi connectivity index (χ0) is 13.8. The van der Waals surface area contributed by atoms with Crippen LogP contribution in [-0.4, -0.2) is 10.9 Å². The van der Waals surface area contributed by atoms with E-state index in [0.717, 1.165) is 18.2 Å². The van der Waals surface area contributed by atoms with Crippen LogP contribution >= 0.6 is 0 Å². The molecule has 1 aromatic carbocycles. The third kappa shape index (κ3) is 3.13. The first kappa shape index (κ1) is 12.7. The largest absolute Gasteiger partial charge is 0.366 e. The molecule has 0 atom stereocenters. The Hall–Kier alpha value is -2.74. The quantitative estimate of drug-likeness (QED) is 0.794. The Labute approximate surface area is 108 Å². The lowest BCUT2D eigenvalue weighted by atomic mass is 10.1. The van der Waals surface area contributed by atoms with Gasteiger partial charge in [0.05, 0.1) is 5.56 Å². The summed E-state index contributed by atoms with van der Waals surface area (Å²) in [6, 6.07) is 5.95. The van der Waals surface area contributed by atoms with E-state index in [1.165, 1.54) is 12.3 Å². The number of nitrogens with two attached hydrogens (primary N) is 1. The molecule has 0 spiro atoms. The molecule has 0 unspecified atom stereocenters. The fourth-order valence-corrected chi connectivity index (χ4v) is 1.46. The normalized spacial score (nSPS) is 9.58. The maximum Gasteiger partial charge on any atom is 0.251 e. The molecule has 94 valence electrons. The van der Waals surface area contributed by atoms with Crippen LogP contribution in [0.4, 0.5) is 8.78 Å². The smallest absolute Gasteiger partial charge is 0.251 e. The van der Waals surface area contributed by atoms with Crippen molar-refractivity contribution in [2.75, 3.05) is 0 Å². The SMILES string of the molecule is NC(=O)c1cccnc1C#Cc1cc(F)cc(F)c1. The van der Waals surface area contributed by atoms with E-state index in [-0.39, 0.29) is 16.8 Å². The Morgan fingerprint density at radius 3 is 2.47 bits per heavy atom. The van der Waals surface area contributed by atoms with Crippen LogP contribution in [0.5, 0.6) is 0 Å². The number of hydrogen-bond donors (Lipinski definition) is 1. The molecule has 0 radical (unpaired) electrons. The minimum Gasteiger partial charge on any atom is -0.366 e. The van der Waals surface area contributed by atoms with Crippen molar-refractivity contribution in [3.63, 3.8) is 0 Å². The Morgan fingerprint density at radius 1 is 1.16 bits per heavy atom. The van der Waals surface area contributed by atoms with Crippen molar-refractivity contribution in [3.05, 3.63) is 65.0 Å². The first-order valence-electron chi connectivity index (χ1n) is 5.29. The molecule has 1 amide bonds. The fraction of sp³-hybridized carbons (Fsp3) is 0. The number of hydrogen-bond acceptors (Lipinski definition) is 2. The van der Waals surface area contributed by atoms with E-state index < -0.39 is 17.5 Å². The van der Waals surface area contributed by atoms with Crippen molar-refractivity contribution >= 4 is 5.91 Å². The molecule has 2 N–H and O–H groups in total. The number of halogens is 2. The van der Waals surface area contributed by atoms with Gasteiger partial charge in [0.25, 0.3) is 5.91 Å². The highest BCUT2D eigenvalue weighted by atomic mass is 19.1. The lowest BCUT2D eigenvalue weighted by Crippen LogP contribution is -2.13. The topological polar surface area (TPSA) is 56.0 Å². The minimum atomic E-state index is -0.722. The van der Waals surface area contributed by atoms with Gasteiger partial charge >= 0.3 is 0 Å². The molecule has 0 aliphatic carbocycles. The summed E-state index contributed by atoms with van der Waals surface area (Å²) in [4.78, 5) is 15.0. The third-order valence-corrected chi connectivity index (χ3v) is 2.26. The monoisotopic (exact) mass is 258 g/mol. The number of aromatic nitrogens is 1. The Bertz CT molecular complexity index is 682. The Kier molecular flexibility index (Phi) is 3.53. The van der Waals surface area contributed by atoms with Crippen LogP contribution in [0.2, 0.25) is 0 Å². The van der Waals surface area contributed by atoms with Gasteiger partial charge in [0.2, 0.25) is 0 Å². The van der Waals surface area contributed by atoms with Crippen molar-refractivity contribution in [1.82, 2.24) is 4.98 Å². The number of primary amides is 1. The third-order valence-electron chi connectivity index (χ3n) is 2.26. The fourth-order valence-electron chi connectivity index (χ4n) is 1.46. The zero-order valence-electron chi connectivity index (χ0n) is 9.65. The van der Waals surface area contributed by atoms with Crippen molar-refractivity contribution < 1.29 is 13.6 Å². The highest BCUT2D eigenvalue weighted by Crippen LogP contribution is 2.07. The van der Waals surface area contributed by atoms with Crippen LogP contribution < -0.4 is 5.73 Å². The van der Waals surface area contributed by atoms with Crippen LogP contribution in [0, 0.1) is 23.5 Å². The summed E-state index contributed by atoms with van der Waals surface area (Å²) in [5, 5.41) is 0. The lowest BCUT2D eigenvalue weighted by molar-refractivity contribution is 0.0999. The van der Waals surface area contributed by atoms with E-state index >= 15 is 0 Å². The molecule has 19 heavy (non-hydrogen) atoms. The van der Waals surface area contributed by atoms with Crippen LogP contribution in [0.1, 0.15) is 21.6 Å². The van der Waals surface area contributed by atoms with E-state index in [1.54, 1.807) is 6.07 Å². The minimum absolute atomic E-state index is 0.151. The van der Waals surface area contributed by atoms with Crippen LogP contribution in [0.3, 0.4) is 0 Å². The number of benzene rings is 1. The van der Waals surface area contributed by atoms with Gasteiger partial charge in [0.15, 0.2) is 0 Å². The van der Waals surface area contributed by atoms with E-state index in [0.29, 0.717) is 0 Å². The van der Waals surface area contributed by atoms with Crippen LogP contribution in [0.15, 0.2) is 36.5 Å². The molecule has 1 aromatic heterocycles. The van der Waals surface area contributed by atoms with E-state index in [2.05, 4.69) is 16.8 Å². The summed E-state index contributed by atoms with van der Waals surface area (Å²) >= 11 is 0. The second-order valence-electron chi connectivity index (χ2n) is 3.67. The second kappa shape index (κ2) is 5.27. The molecular formula is C14H8F2N2O. The highest BCUT2D eigenvalue weighted by Gasteiger charge is 2.06. The average molecular weight is 258 g/mol. The summed E-state index contributed by atoms with van der Waals surface area (Å²) in [5.74, 6) is 3.00. The van der Waals surface area contributed by atoms with Crippen LogP contribution in [-0.2, 0) is 0 Å². The van der Waals surface area contributed by atoms with Gasteiger partial charge in [0.1, 0.15) is 17.3 Å². The van der Waals surface area contributed by atoms with Crippen molar-refractivity contribution in [1.29, 1.82) is 0 Å². The maximum absolute atomic E-state index is 13.0. The van der Waals surface area contributed by atoms with Crippen molar-refractivity contribution in [2.24, 2.45) is 5.73 Å². The summed E-state index contributed by atoms with van der Waals surface area (Å²) < 4.78 is 25.9. The molecule has 5 heteroatoms. The summed E-state index contributed by atoms with van der Waals surface area (Å²) in [7, 11) is 0. The number of amides is 1. The lowest BCUT2D eigenvalue weighted by Gasteiger charge is -1.97. The summed E-state index contributed by atoms with van der Waals surface area (Å²) in [6.45, 7) is 0. The van der Waals surface area contributed by atoms with Crippen molar-refractivity contribution in [3.8, 4) is 11.8 Å². The van der Waals surface area contributed by atoms with Gasteiger partial charge in [-0.2, -0.15) is 0 Å². The predicted octanol–water partition coefficient (Wildman–Crippen LogP) is 1.86. The molecule has 2 aromatic rings. The molecule has 0 saturated heterocycles. The molecular weight excluding hydrogens is 250 g/mol. The first-order valence-corrected chi connectivity index (χ1v) is 5.29. The number of pyridine rings is 1. The van der Waals surface area contributed by atoms with Gasteiger partial charge in [-0.1, -0.05) is 5.92 Å². The molecule has 3 nitrogen and oxygen atoms in total. The van der Waals surface area contributed by atoms with Gasteiger partial charge in [-0.3, -0.25) is 4.79 Å². The number of carbonyl (C=O) groups excluding carboxylic acids is 1. The summed E-state index contributed by atoms with van der Waals surface area (Å²) in [6.07, 6.45) is 1.45. The number of rotatable bonds is 1.